The van der Waals surface area contributed by atoms with Crippen molar-refractivity contribution in [2.45, 2.75) is 6.92 Å². The number of thiophene rings is 1. The molecule has 19 heavy (non-hydrogen) atoms. The molecule has 1 aliphatic heterocycles. The molecule has 1 fully saturated rings. The molecule has 2 aromatic heterocycles. The first-order valence-corrected chi connectivity index (χ1v) is 6.86. The topological polar surface area (TPSA) is 81.3 Å². The standard InChI is InChI=1S/C12H14N4O2S/c1-7-8-10(19-9(7)11(13)17)12(15-6-14-8)16-2-4-18-5-3-16/h6H,2-5H2,1H3,(H2,13,17). The molecule has 7 heteroatoms. The van der Waals surface area contributed by atoms with Crippen LogP contribution in [0.5, 0.6) is 0 Å². The van der Waals surface area contributed by atoms with Crippen molar-refractivity contribution in [2.24, 2.45) is 5.73 Å². The van der Waals surface area contributed by atoms with Crippen molar-refractivity contribution >= 4 is 33.3 Å². The highest BCUT2D eigenvalue weighted by Crippen LogP contribution is 2.34. The number of aryl methyl sites for hydroxylation is 1. The molecule has 1 saturated heterocycles. The Bertz CT molecular complexity index is 634. The summed E-state index contributed by atoms with van der Waals surface area (Å²) in [6.45, 7) is 4.86. The highest BCUT2D eigenvalue weighted by molar-refractivity contribution is 7.21. The summed E-state index contributed by atoms with van der Waals surface area (Å²) in [5.74, 6) is 0.460. The normalized spacial score (nSPS) is 15.9. The molecule has 1 aliphatic rings. The number of amides is 1. The molecule has 0 radical (unpaired) electrons. The Morgan fingerprint density at radius 2 is 2.16 bits per heavy atom. The van der Waals surface area contributed by atoms with Crippen molar-refractivity contribution in [1.82, 2.24) is 9.97 Å². The summed E-state index contributed by atoms with van der Waals surface area (Å²) in [5, 5.41) is 0. The molecular formula is C12H14N4O2S. The molecule has 2 N–H and O–H groups in total. The van der Waals surface area contributed by atoms with Crippen molar-refractivity contribution in [3.8, 4) is 0 Å². The molecule has 3 heterocycles. The van der Waals surface area contributed by atoms with E-state index in [9.17, 15) is 4.79 Å². The van der Waals surface area contributed by atoms with Crippen LogP contribution in [0.4, 0.5) is 5.82 Å². The Balaban J connectivity index is 2.14. The van der Waals surface area contributed by atoms with Gasteiger partial charge in [-0.1, -0.05) is 0 Å². The van der Waals surface area contributed by atoms with E-state index >= 15 is 0 Å². The molecule has 0 aliphatic carbocycles. The van der Waals surface area contributed by atoms with Crippen LogP contribution < -0.4 is 10.6 Å². The fourth-order valence-electron chi connectivity index (χ4n) is 2.25. The van der Waals surface area contributed by atoms with Crippen LogP contribution in [0.15, 0.2) is 6.33 Å². The van der Waals surface area contributed by atoms with Gasteiger partial charge in [-0.3, -0.25) is 4.79 Å². The van der Waals surface area contributed by atoms with Crippen molar-refractivity contribution in [1.29, 1.82) is 0 Å². The third-order valence-corrected chi connectivity index (χ3v) is 4.51. The number of rotatable bonds is 2. The zero-order valence-corrected chi connectivity index (χ0v) is 11.4. The number of carbonyl (C=O) groups is 1. The van der Waals surface area contributed by atoms with Gasteiger partial charge in [-0.2, -0.15) is 0 Å². The largest absolute Gasteiger partial charge is 0.378 e. The first kappa shape index (κ1) is 12.3. The van der Waals surface area contributed by atoms with Gasteiger partial charge in [-0.15, -0.1) is 11.3 Å². The molecule has 0 atom stereocenters. The average Bonchev–Trinajstić information content (AvgIpc) is 2.78. The van der Waals surface area contributed by atoms with Crippen LogP contribution in [0.1, 0.15) is 15.2 Å². The van der Waals surface area contributed by atoms with Gasteiger partial charge in [0.05, 0.1) is 28.3 Å². The summed E-state index contributed by atoms with van der Waals surface area (Å²) in [6.07, 6.45) is 1.54. The third kappa shape index (κ3) is 2.04. The van der Waals surface area contributed by atoms with Crippen LogP contribution in [0, 0.1) is 6.92 Å². The van der Waals surface area contributed by atoms with Crippen molar-refractivity contribution in [2.75, 3.05) is 31.2 Å². The van der Waals surface area contributed by atoms with E-state index in [1.54, 1.807) is 0 Å². The van der Waals surface area contributed by atoms with Gasteiger partial charge in [0.2, 0.25) is 0 Å². The predicted molar refractivity (Wildman–Crippen MR) is 73.7 cm³/mol. The number of hydrogen-bond donors (Lipinski definition) is 1. The Kier molecular flexibility index (Phi) is 3.08. The Hall–Kier alpha value is -1.73. The quantitative estimate of drug-likeness (QED) is 0.884. The number of nitrogens with two attached hydrogens (primary N) is 1. The van der Waals surface area contributed by atoms with Crippen LogP contribution in [0.25, 0.3) is 10.2 Å². The number of aromatic nitrogens is 2. The summed E-state index contributed by atoms with van der Waals surface area (Å²) in [7, 11) is 0. The number of hydrogen-bond acceptors (Lipinski definition) is 6. The number of nitrogens with zero attached hydrogens (tertiary/aromatic N) is 3. The second-order valence-electron chi connectivity index (χ2n) is 4.39. The van der Waals surface area contributed by atoms with E-state index in [1.165, 1.54) is 17.7 Å². The van der Waals surface area contributed by atoms with Crippen molar-refractivity contribution in [3.05, 3.63) is 16.8 Å². The molecule has 0 bridgehead atoms. The minimum absolute atomic E-state index is 0.409. The lowest BCUT2D eigenvalue weighted by molar-refractivity contribution is 0.100. The van der Waals surface area contributed by atoms with Crippen LogP contribution in [0.2, 0.25) is 0 Å². The van der Waals surface area contributed by atoms with Gasteiger partial charge in [-0.25, -0.2) is 9.97 Å². The van der Waals surface area contributed by atoms with E-state index in [0.29, 0.717) is 18.1 Å². The van der Waals surface area contributed by atoms with E-state index in [4.69, 9.17) is 10.5 Å². The Morgan fingerprint density at radius 3 is 2.84 bits per heavy atom. The molecule has 0 saturated carbocycles. The van der Waals surface area contributed by atoms with Crippen LogP contribution in [-0.2, 0) is 4.74 Å². The van der Waals surface area contributed by atoms with Crippen LogP contribution >= 0.6 is 11.3 Å². The highest BCUT2D eigenvalue weighted by atomic mass is 32.1. The molecule has 3 rings (SSSR count). The lowest BCUT2D eigenvalue weighted by Gasteiger charge is -2.27. The van der Waals surface area contributed by atoms with Crippen molar-refractivity contribution in [3.63, 3.8) is 0 Å². The summed E-state index contributed by atoms with van der Waals surface area (Å²) < 4.78 is 6.27. The maximum Gasteiger partial charge on any atom is 0.259 e. The first-order valence-electron chi connectivity index (χ1n) is 6.05. The molecule has 2 aromatic rings. The van der Waals surface area contributed by atoms with Crippen LogP contribution in [-0.4, -0.2) is 42.2 Å². The molecule has 0 spiro atoms. The minimum Gasteiger partial charge on any atom is -0.378 e. The summed E-state index contributed by atoms with van der Waals surface area (Å²) in [6, 6.07) is 0. The van der Waals surface area contributed by atoms with E-state index in [0.717, 1.165) is 34.7 Å². The number of morpholine rings is 1. The minimum atomic E-state index is -0.409. The lowest BCUT2D eigenvalue weighted by Crippen LogP contribution is -2.36. The van der Waals surface area contributed by atoms with Gasteiger partial charge in [0.1, 0.15) is 12.1 Å². The van der Waals surface area contributed by atoms with Gasteiger partial charge >= 0.3 is 0 Å². The number of ether oxygens (including phenoxy) is 1. The molecular weight excluding hydrogens is 264 g/mol. The number of fused-ring (bicyclic) bond motifs is 1. The van der Waals surface area contributed by atoms with E-state index < -0.39 is 5.91 Å². The van der Waals surface area contributed by atoms with Gasteiger partial charge < -0.3 is 15.4 Å². The number of carbonyl (C=O) groups excluding carboxylic acids is 1. The van der Waals surface area contributed by atoms with Gasteiger partial charge in [0, 0.05) is 13.1 Å². The Morgan fingerprint density at radius 1 is 1.42 bits per heavy atom. The molecule has 100 valence electrons. The predicted octanol–water partition coefficient (Wildman–Crippen LogP) is 0.935. The van der Waals surface area contributed by atoms with Crippen molar-refractivity contribution < 1.29 is 9.53 Å². The summed E-state index contributed by atoms with van der Waals surface area (Å²) in [4.78, 5) is 22.8. The van der Waals surface area contributed by atoms with E-state index in [-0.39, 0.29) is 0 Å². The van der Waals surface area contributed by atoms with Gasteiger partial charge in [0.15, 0.2) is 0 Å². The number of primary amides is 1. The monoisotopic (exact) mass is 278 g/mol. The fourth-order valence-corrected chi connectivity index (χ4v) is 3.38. The molecule has 0 aromatic carbocycles. The second kappa shape index (κ2) is 4.75. The van der Waals surface area contributed by atoms with Gasteiger partial charge in [-0.05, 0) is 12.5 Å². The van der Waals surface area contributed by atoms with E-state index in [1.807, 2.05) is 6.92 Å². The first-order chi connectivity index (χ1) is 9.18. The average molecular weight is 278 g/mol. The maximum absolute atomic E-state index is 11.4. The maximum atomic E-state index is 11.4. The Labute approximate surface area is 114 Å². The third-order valence-electron chi connectivity index (χ3n) is 3.22. The zero-order valence-electron chi connectivity index (χ0n) is 10.5. The van der Waals surface area contributed by atoms with Crippen LogP contribution in [0.3, 0.4) is 0 Å². The highest BCUT2D eigenvalue weighted by Gasteiger charge is 2.21. The second-order valence-corrected chi connectivity index (χ2v) is 5.42. The lowest BCUT2D eigenvalue weighted by atomic mass is 10.2. The number of anilines is 1. The zero-order chi connectivity index (χ0) is 13.4. The molecule has 1 amide bonds. The van der Waals surface area contributed by atoms with E-state index in [2.05, 4.69) is 14.9 Å². The van der Waals surface area contributed by atoms with Gasteiger partial charge in [0.25, 0.3) is 5.91 Å². The summed E-state index contributed by atoms with van der Waals surface area (Å²) in [5.41, 5.74) is 7.05. The molecule has 0 unspecified atom stereocenters. The summed E-state index contributed by atoms with van der Waals surface area (Å²) >= 11 is 1.37. The smallest absolute Gasteiger partial charge is 0.259 e. The SMILES string of the molecule is Cc1c(C(N)=O)sc2c(N3CCOCC3)ncnc12. The fraction of sp³-hybridized carbons (Fsp3) is 0.417. The molecule has 6 nitrogen and oxygen atoms in total.